The van der Waals surface area contributed by atoms with E-state index in [1.54, 1.807) is 13.3 Å². The summed E-state index contributed by atoms with van der Waals surface area (Å²) in [4.78, 5) is 26.7. The highest BCUT2D eigenvalue weighted by molar-refractivity contribution is 6.29. The van der Waals surface area contributed by atoms with E-state index in [-0.39, 0.29) is 29.5 Å². The van der Waals surface area contributed by atoms with Crippen molar-refractivity contribution >= 4 is 29.3 Å². The molecule has 0 aromatic carbocycles. The monoisotopic (exact) mass is 363 g/mol. The molecule has 0 spiro atoms. The van der Waals surface area contributed by atoms with Crippen molar-refractivity contribution in [3.63, 3.8) is 0 Å². The van der Waals surface area contributed by atoms with Crippen LogP contribution in [0.2, 0.25) is 5.15 Å². The first-order valence-electron chi connectivity index (χ1n) is 7.85. The summed E-state index contributed by atoms with van der Waals surface area (Å²) >= 11 is 5.98. The van der Waals surface area contributed by atoms with Crippen LogP contribution in [0, 0.1) is 19.8 Å². The van der Waals surface area contributed by atoms with Crippen molar-refractivity contribution < 1.29 is 9.53 Å². The fourth-order valence-corrected chi connectivity index (χ4v) is 2.71. The maximum Gasteiger partial charge on any atom is 0.231 e. The summed E-state index contributed by atoms with van der Waals surface area (Å²) in [7, 11) is 1.61. The van der Waals surface area contributed by atoms with Crippen molar-refractivity contribution in [2.75, 3.05) is 17.7 Å². The first-order valence-corrected chi connectivity index (χ1v) is 8.22. The first-order chi connectivity index (χ1) is 11.7. The van der Waals surface area contributed by atoms with Crippen molar-refractivity contribution in [1.29, 1.82) is 0 Å². The van der Waals surface area contributed by atoms with Gasteiger partial charge in [0.15, 0.2) is 0 Å². The van der Waals surface area contributed by atoms with Gasteiger partial charge >= 0.3 is 0 Å². The number of methoxy groups -OCH3 is 1. The molecule has 0 bridgehead atoms. The molecule has 0 atom stereocenters. The number of carbonyl (C=O) groups is 1. The van der Waals surface area contributed by atoms with Crippen molar-refractivity contribution in [1.82, 2.24) is 15.0 Å². The van der Waals surface area contributed by atoms with Gasteiger partial charge in [-0.2, -0.15) is 4.98 Å². The Balaban J connectivity index is 2.49. The number of halogens is 1. The largest absolute Gasteiger partial charge is 0.496 e. The van der Waals surface area contributed by atoms with Gasteiger partial charge in [0.25, 0.3) is 0 Å². The van der Waals surface area contributed by atoms with Crippen LogP contribution < -0.4 is 15.4 Å². The molecule has 2 N–H and O–H groups in total. The molecule has 0 radical (unpaired) electrons. The zero-order chi connectivity index (χ0) is 18.7. The Morgan fingerprint density at radius 2 is 2.04 bits per heavy atom. The number of aromatic nitrogens is 3. The molecular weight excluding hydrogens is 342 g/mol. The Morgan fingerprint density at radius 3 is 2.60 bits per heavy atom. The molecule has 0 aliphatic heterocycles. The van der Waals surface area contributed by atoms with Crippen LogP contribution in [-0.2, 0) is 11.3 Å². The van der Waals surface area contributed by atoms with Gasteiger partial charge in [-0.3, -0.25) is 14.7 Å². The number of ether oxygens (including phenoxy) is 1. The summed E-state index contributed by atoms with van der Waals surface area (Å²) in [6, 6.07) is 1.51. The lowest BCUT2D eigenvalue weighted by atomic mass is 10.1. The van der Waals surface area contributed by atoms with Gasteiger partial charge in [0, 0.05) is 29.3 Å². The quantitative estimate of drug-likeness (QED) is 0.821. The molecule has 8 heteroatoms. The number of pyridine rings is 1. The maximum absolute atomic E-state index is 12.7. The maximum atomic E-state index is 12.7. The van der Waals surface area contributed by atoms with E-state index >= 15 is 0 Å². The van der Waals surface area contributed by atoms with Crippen LogP contribution in [0.3, 0.4) is 0 Å². The molecular formula is C17H22ClN5O2. The number of nitrogens with two attached hydrogens (primary N) is 1. The fraction of sp³-hybridized carbons (Fsp3) is 0.412. The van der Waals surface area contributed by atoms with E-state index in [1.165, 1.54) is 11.0 Å². The molecule has 0 saturated carbocycles. The Hall–Kier alpha value is -2.41. The second kappa shape index (κ2) is 7.65. The van der Waals surface area contributed by atoms with Crippen LogP contribution in [0.5, 0.6) is 5.75 Å². The van der Waals surface area contributed by atoms with Crippen LogP contribution in [0.15, 0.2) is 12.3 Å². The number of aryl methyl sites for hydroxylation is 1. The molecule has 25 heavy (non-hydrogen) atoms. The minimum atomic E-state index is -0.234. The highest BCUT2D eigenvalue weighted by Gasteiger charge is 2.23. The van der Waals surface area contributed by atoms with E-state index in [1.807, 2.05) is 27.7 Å². The predicted molar refractivity (Wildman–Crippen MR) is 97.7 cm³/mol. The molecule has 134 valence electrons. The normalized spacial score (nSPS) is 10.8. The third-order valence-electron chi connectivity index (χ3n) is 3.79. The van der Waals surface area contributed by atoms with Gasteiger partial charge < -0.3 is 10.5 Å². The second-order valence-corrected chi connectivity index (χ2v) is 6.42. The molecule has 2 aromatic heterocycles. The van der Waals surface area contributed by atoms with Gasteiger partial charge in [-0.1, -0.05) is 25.4 Å². The SMILES string of the molecule is COc1c(C)cnc(CN(C(=O)C(C)C)c2cc(Cl)nc(N)n2)c1C. The van der Waals surface area contributed by atoms with E-state index < -0.39 is 0 Å². The molecule has 0 unspecified atom stereocenters. The summed E-state index contributed by atoms with van der Waals surface area (Å²) in [5.74, 6) is 0.756. The molecule has 0 fully saturated rings. The number of anilines is 2. The smallest absolute Gasteiger partial charge is 0.231 e. The number of hydrogen-bond donors (Lipinski definition) is 1. The van der Waals surface area contributed by atoms with Crippen molar-refractivity contribution in [2.24, 2.45) is 5.92 Å². The fourth-order valence-electron chi connectivity index (χ4n) is 2.52. The van der Waals surface area contributed by atoms with Gasteiger partial charge in [0.1, 0.15) is 16.7 Å². The van der Waals surface area contributed by atoms with E-state index in [0.717, 1.165) is 16.9 Å². The average Bonchev–Trinajstić information content (AvgIpc) is 2.53. The van der Waals surface area contributed by atoms with E-state index in [4.69, 9.17) is 22.1 Å². The van der Waals surface area contributed by atoms with Crippen LogP contribution in [-0.4, -0.2) is 28.0 Å². The molecule has 0 aliphatic rings. The Kier molecular flexibility index (Phi) is 5.79. The lowest BCUT2D eigenvalue weighted by molar-refractivity contribution is -0.121. The molecule has 2 rings (SSSR count). The zero-order valence-corrected chi connectivity index (χ0v) is 15.8. The molecule has 0 aliphatic carbocycles. The van der Waals surface area contributed by atoms with Crippen molar-refractivity contribution in [3.05, 3.63) is 34.2 Å². The lowest BCUT2D eigenvalue weighted by Gasteiger charge is -2.25. The third kappa shape index (κ3) is 4.17. The van der Waals surface area contributed by atoms with Gasteiger partial charge in [0.2, 0.25) is 11.9 Å². The van der Waals surface area contributed by atoms with Gasteiger partial charge in [-0.25, -0.2) is 4.98 Å². The predicted octanol–water partition coefficient (Wildman–Crippen LogP) is 2.92. The molecule has 1 amide bonds. The Labute approximate surface area is 152 Å². The Morgan fingerprint density at radius 1 is 1.36 bits per heavy atom. The molecule has 7 nitrogen and oxygen atoms in total. The average molecular weight is 364 g/mol. The number of carbonyl (C=O) groups excluding carboxylic acids is 1. The van der Waals surface area contributed by atoms with E-state index in [9.17, 15) is 4.79 Å². The topological polar surface area (TPSA) is 94.2 Å². The minimum absolute atomic E-state index is 0.00947. The van der Waals surface area contributed by atoms with Crippen molar-refractivity contribution in [2.45, 2.75) is 34.2 Å². The highest BCUT2D eigenvalue weighted by Crippen LogP contribution is 2.27. The number of rotatable bonds is 5. The van der Waals surface area contributed by atoms with Crippen molar-refractivity contribution in [3.8, 4) is 5.75 Å². The summed E-state index contributed by atoms with van der Waals surface area (Å²) < 4.78 is 5.44. The van der Waals surface area contributed by atoms with E-state index in [2.05, 4.69) is 15.0 Å². The first kappa shape index (κ1) is 18.9. The van der Waals surface area contributed by atoms with Gasteiger partial charge in [-0.15, -0.1) is 0 Å². The number of hydrogen-bond acceptors (Lipinski definition) is 6. The van der Waals surface area contributed by atoms with Crippen LogP contribution >= 0.6 is 11.6 Å². The van der Waals surface area contributed by atoms with Crippen LogP contribution in [0.25, 0.3) is 0 Å². The summed E-state index contributed by atoms with van der Waals surface area (Å²) in [6.07, 6.45) is 1.72. The number of nitrogens with zero attached hydrogens (tertiary/aromatic N) is 4. The van der Waals surface area contributed by atoms with Gasteiger partial charge in [0.05, 0.1) is 19.3 Å². The summed E-state index contributed by atoms with van der Waals surface area (Å²) in [5.41, 5.74) is 8.20. The second-order valence-electron chi connectivity index (χ2n) is 6.03. The van der Waals surface area contributed by atoms with E-state index in [0.29, 0.717) is 11.5 Å². The van der Waals surface area contributed by atoms with Gasteiger partial charge in [-0.05, 0) is 13.8 Å². The van der Waals surface area contributed by atoms with Crippen LogP contribution in [0.4, 0.5) is 11.8 Å². The molecule has 2 heterocycles. The summed E-state index contributed by atoms with van der Waals surface area (Å²) in [6.45, 7) is 7.69. The lowest BCUT2D eigenvalue weighted by Crippen LogP contribution is -2.35. The minimum Gasteiger partial charge on any atom is -0.496 e. The number of amides is 1. The summed E-state index contributed by atoms with van der Waals surface area (Å²) in [5, 5.41) is 0.176. The standard InChI is InChI=1S/C17H22ClN5O2/c1-9(2)16(24)23(14-6-13(18)21-17(19)22-14)8-12-11(4)15(25-5)10(3)7-20-12/h6-7,9H,8H2,1-5H3,(H2,19,21,22). The molecule has 0 saturated heterocycles. The third-order valence-corrected chi connectivity index (χ3v) is 3.99. The highest BCUT2D eigenvalue weighted by atomic mass is 35.5. The Bertz CT molecular complexity index is 775. The molecule has 2 aromatic rings. The van der Waals surface area contributed by atoms with Crippen LogP contribution in [0.1, 0.15) is 30.7 Å². The zero-order valence-electron chi connectivity index (χ0n) is 15.0. The number of nitrogen functional groups attached to an aromatic ring is 1.